The van der Waals surface area contributed by atoms with Crippen LogP contribution in [0.2, 0.25) is 0 Å². The zero-order valence-electron chi connectivity index (χ0n) is 18.6. The zero-order valence-corrected chi connectivity index (χ0v) is 19.4. The quantitative estimate of drug-likeness (QED) is 0.718. The lowest BCUT2D eigenvalue weighted by atomic mass is 10.1. The highest BCUT2D eigenvalue weighted by Gasteiger charge is 2.25. The van der Waals surface area contributed by atoms with Crippen LogP contribution in [-0.2, 0) is 17.6 Å². The second kappa shape index (κ2) is 10.2. The predicted octanol–water partition coefficient (Wildman–Crippen LogP) is 4.28. The fourth-order valence-corrected chi connectivity index (χ4v) is 5.29. The molecule has 1 N–H and O–H groups in total. The molecule has 30 heavy (non-hydrogen) atoms. The third-order valence-corrected chi connectivity index (χ3v) is 6.96. The van der Waals surface area contributed by atoms with Gasteiger partial charge in [-0.2, -0.15) is 0 Å². The fraction of sp³-hybridized carbons (Fsp3) is 0.500. The van der Waals surface area contributed by atoms with Gasteiger partial charge in [-0.05, 0) is 49.4 Å². The maximum absolute atomic E-state index is 13.0. The molecule has 2 heterocycles. The summed E-state index contributed by atoms with van der Waals surface area (Å²) in [5.41, 5.74) is 4.36. The van der Waals surface area contributed by atoms with Crippen molar-refractivity contribution in [3.8, 4) is 0 Å². The Kier molecular flexibility index (Phi) is 7.67. The summed E-state index contributed by atoms with van der Waals surface area (Å²) in [4.78, 5) is 31.8. The van der Waals surface area contributed by atoms with E-state index in [2.05, 4.69) is 30.1 Å². The number of nitrogens with one attached hydrogen (secondary N) is 1. The van der Waals surface area contributed by atoms with Crippen molar-refractivity contribution < 1.29 is 9.59 Å². The SMILES string of the molecule is CCCc1sc(C(=O)N2CCN(CC(=O)Nc3c(C)cccc3C)CC2)cc1CC. The first-order valence-corrected chi connectivity index (χ1v) is 11.7. The molecule has 5 nitrogen and oxygen atoms in total. The molecule has 3 rings (SSSR count). The summed E-state index contributed by atoms with van der Waals surface area (Å²) >= 11 is 1.66. The van der Waals surface area contributed by atoms with E-state index in [9.17, 15) is 9.59 Å². The third kappa shape index (κ3) is 5.29. The summed E-state index contributed by atoms with van der Waals surface area (Å²) in [5.74, 6) is 0.138. The van der Waals surface area contributed by atoms with Crippen molar-refractivity contribution in [1.29, 1.82) is 0 Å². The molecule has 2 amide bonds. The van der Waals surface area contributed by atoms with E-state index in [1.54, 1.807) is 11.3 Å². The number of amides is 2. The molecule has 0 unspecified atom stereocenters. The Hall–Kier alpha value is -2.18. The van der Waals surface area contributed by atoms with Crippen LogP contribution in [0.5, 0.6) is 0 Å². The number of para-hydroxylation sites is 1. The maximum Gasteiger partial charge on any atom is 0.264 e. The van der Waals surface area contributed by atoms with Gasteiger partial charge in [0, 0.05) is 36.7 Å². The number of carbonyl (C=O) groups is 2. The van der Waals surface area contributed by atoms with Crippen LogP contribution in [0.3, 0.4) is 0 Å². The second-order valence-electron chi connectivity index (χ2n) is 8.05. The first kappa shape index (κ1) is 22.5. The van der Waals surface area contributed by atoms with Crippen molar-refractivity contribution in [1.82, 2.24) is 9.80 Å². The summed E-state index contributed by atoms with van der Waals surface area (Å²) < 4.78 is 0. The Morgan fingerprint density at radius 1 is 1.07 bits per heavy atom. The van der Waals surface area contributed by atoms with E-state index in [4.69, 9.17) is 0 Å². The van der Waals surface area contributed by atoms with Crippen LogP contribution in [-0.4, -0.2) is 54.3 Å². The maximum atomic E-state index is 13.0. The average Bonchev–Trinajstić information content (AvgIpc) is 3.14. The molecule has 0 radical (unpaired) electrons. The second-order valence-corrected chi connectivity index (χ2v) is 9.18. The van der Waals surface area contributed by atoms with Gasteiger partial charge in [0.1, 0.15) is 0 Å². The monoisotopic (exact) mass is 427 g/mol. The van der Waals surface area contributed by atoms with Gasteiger partial charge in [0.15, 0.2) is 0 Å². The molecule has 2 aromatic rings. The Labute approximate surface area is 184 Å². The lowest BCUT2D eigenvalue weighted by molar-refractivity contribution is -0.117. The number of hydrogen-bond acceptors (Lipinski definition) is 4. The molecule has 1 saturated heterocycles. The molecule has 0 spiro atoms. The molecule has 6 heteroatoms. The van der Waals surface area contributed by atoms with E-state index in [1.165, 1.54) is 10.4 Å². The molecule has 162 valence electrons. The molecule has 1 aliphatic rings. The van der Waals surface area contributed by atoms with Crippen molar-refractivity contribution in [3.63, 3.8) is 0 Å². The van der Waals surface area contributed by atoms with E-state index < -0.39 is 0 Å². The van der Waals surface area contributed by atoms with Crippen molar-refractivity contribution in [2.75, 3.05) is 38.0 Å². The van der Waals surface area contributed by atoms with Gasteiger partial charge in [-0.15, -0.1) is 11.3 Å². The standard InChI is InChI=1S/C24H33N3O2S/c1-5-8-20-19(6-2)15-21(30-20)24(29)27-13-11-26(12-14-27)16-22(28)25-23-17(3)9-7-10-18(23)4/h7,9-10,15H,5-6,8,11-14,16H2,1-4H3,(H,25,28). The molecule has 0 atom stereocenters. The van der Waals surface area contributed by atoms with Crippen molar-refractivity contribution in [2.24, 2.45) is 0 Å². The Bertz CT molecular complexity index is 878. The van der Waals surface area contributed by atoms with Crippen molar-refractivity contribution in [2.45, 2.75) is 47.0 Å². The van der Waals surface area contributed by atoms with Crippen molar-refractivity contribution in [3.05, 3.63) is 50.7 Å². The number of aryl methyl sites for hydroxylation is 4. The summed E-state index contributed by atoms with van der Waals surface area (Å²) in [5, 5.41) is 3.05. The summed E-state index contributed by atoms with van der Waals surface area (Å²) in [6, 6.07) is 8.10. The van der Waals surface area contributed by atoms with Crippen LogP contribution in [0.15, 0.2) is 24.3 Å². The molecule has 1 aromatic heterocycles. The van der Waals surface area contributed by atoms with Crippen LogP contribution < -0.4 is 5.32 Å². The van der Waals surface area contributed by atoms with Gasteiger partial charge in [-0.3, -0.25) is 14.5 Å². The summed E-state index contributed by atoms with van der Waals surface area (Å²) in [6.07, 6.45) is 3.12. The minimum Gasteiger partial charge on any atom is -0.335 e. The van der Waals surface area contributed by atoms with Gasteiger partial charge in [-0.1, -0.05) is 38.5 Å². The summed E-state index contributed by atoms with van der Waals surface area (Å²) in [7, 11) is 0. The number of piperazine rings is 1. The molecule has 0 aliphatic carbocycles. The van der Waals surface area contributed by atoms with Crippen LogP contribution in [0.25, 0.3) is 0 Å². The molecule has 1 aromatic carbocycles. The smallest absolute Gasteiger partial charge is 0.264 e. The topological polar surface area (TPSA) is 52.7 Å². The van der Waals surface area contributed by atoms with Gasteiger partial charge < -0.3 is 10.2 Å². The van der Waals surface area contributed by atoms with Gasteiger partial charge in [-0.25, -0.2) is 0 Å². The normalized spacial score (nSPS) is 14.7. The highest BCUT2D eigenvalue weighted by atomic mass is 32.1. The number of hydrogen-bond donors (Lipinski definition) is 1. The first-order chi connectivity index (χ1) is 14.4. The van der Waals surface area contributed by atoms with Crippen molar-refractivity contribution >= 4 is 28.8 Å². The highest BCUT2D eigenvalue weighted by Crippen LogP contribution is 2.26. The molecule has 0 bridgehead atoms. The molecular formula is C24H33N3O2S. The lowest BCUT2D eigenvalue weighted by Gasteiger charge is -2.34. The average molecular weight is 428 g/mol. The van der Waals surface area contributed by atoms with E-state index in [-0.39, 0.29) is 11.8 Å². The number of rotatable bonds is 7. The van der Waals surface area contributed by atoms with Crippen LogP contribution >= 0.6 is 11.3 Å². The number of nitrogens with zero attached hydrogens (tertiary/aromatic N) is 2. The van der Waals surface area contributed by atoms with Gasteiger partial charge in [0.2, 0.25) is 5.91 Å². The predicted molar refractivity (Wildman–Crippen MR) is 125 cm³/mol. The lowest BCUT2D eigenvalue weighted by Crippen LogP contribution is -2.50. The number of anilines is 1. The number of benzene rings is 1. The third-order valence-electron chi connectivity index (χ3n) is 5.74. The molecule has 1 fully saturated rings. The number of thiophene rings is 1. The first-order valence-electron chi connectivity index (χ1n) is 10.9. The Balaban J connectivity index is 1.53. The van der Waals surface area contributed by atoms with Crippen LogP contribution in [0.4, 0.5) is 5.69 Å². The van der Waals surface area contributed by atoms with Gasteiger partial charge in [0.05, 0.1) is 11.4 Å². The Morgan fingerprint density at radius 2 is 1.73 bits per heavy atom. The minimum atomic E-state index is 0.00206. The van der Waals surface area contributed by atoms with E-state index in [0.29, 0.717) is 19.6 Å². The van der Waals surface area contributed by atoms with Gasteiger partial charge >= 0.3 is 0 Å². The van der Waals surface area contributed by atoms with E-state index >= 15 is 0 Å². The van der Waals surface area contributed by atoms with Crippen LogP contribution in [0, 0.1) is 13.8 Å². The molecule has 0 saturated carbocycles. The Morgan fingerprint density at radius 3 is 2.33 bits per heavy atom. The van der Waals surface area contributed by atoms with E-state index in [0.717, 1.165) is 54.0 Å². The highest BCUT2D eigenvalue weighted by molar-refractivity contribution is 7.14. The van der Waals surface area contributed by atoms with E-state index in [1.807, 2.05) is 36.9 Å². The molecular weight excluding hydrogens is 394 g/mol. The minimum absolute atomic E-state index is 0.00206. The number of carbonyl (C=O) groups excluding carboxylic acids is 2. The fourth-order valence-electron chi connectivity index (χ4n) is 3.97. The molecule has 1 aliphatic heterocycles. The van der Waals surface area contributed by atoms with Gasteiger partial charge in [0.25, 0.3) is 5.91 Å². The zero-order chi connectivity index (χ0) is 21.7. The largest absolute Gasteiger partial charge is 0.335 e. The summed E-state index contributed by atoms with van der Waals surface area (Å²) in [6.45, 7) is 11.5. The van der Waals surface area contributed by atoms with Crippen LogP contribution in [0.1, 0.15) is 51.5 Å².